The predicted molar refractivity (Wildman–Crippen MR) is 108 cm³/mol. The highest BCUT2D eigenvalue weighted by Crippen LogP contribution is 2.51. The van der Waals surface area contributed by atoms with Gasteiger partial charge in [-0.1, -0.05) is 33.8 Å². The van der Waals surface area contributed by atoms with E-state index >= 15 is 0 Å². The summed E-state index contributed by atoms with van der Waals surface area (Å²) in [6, 6.07) is 6.13. The Kier molecular flexibility index (Phi) is 4.35. The van der Waals surface area contributed by atoms with E-state index in [-0.39, 0.29) is 16.9 Å². The molecule has 0 bridgehead atoms. The number of hydrogen-bond donors (Lipinski definition) is 0. The number of hydrogen-bond acceptors (Lipinski definition) is 5. The highest BCUT2D eigenvalue weighted by Gasteiger charge is 2.47. The summed E-state index contributed by atoms with van der Waals surface area (Å²) < 4.78 is 5.87. The molecule has 2 aromatic heterocycles. The first-order valence-electron chi connectivity index (χ1n) is 9.56. The number of pyridine rings is 1. The molecule has 0 amide bonds. The van der Waals surface area contributed by atoms with Gasteiger partial charge in [0.05, 0.1) is 11.8 Å². The maximum atomic E-state index is 5.87. The van der Waals surface area contributed by atoms with Gasteiger partial charge in [0.15, 0.2) is 5.13 Å². The van der Waals surface area contributed by atoms with Crippen molar-refractivity contribution in [2.75, 3.05) is 18.6 Å². The number of aromatic nitrogens is 2. The fourth-order valence-electron chi connectivity index (χ4n) is 4.00. The molecule has 5 heteroatoms. The van der Waals surface area contributed by atoms with Gasteiger partial charge in [0.2, 0.25) is 0 Å². The fourth-order valence-corrected chi connectivity index (χ4v) is 5.37. The van der Waals surface area contributed by atoms with Gasteiger partial charge in [0.25, 0.3) is 0 Å². The standard InChI is InChI=1S/C21H29N3OS/c1-20(2)12-15(25-5)21(3,4)17-18(20)26-19(23-17)24(13-14-9-10-14)16-8-6-7-11-22-16/h6-8,11,14-15H,9-10,12-13H2,1-5H3. The van der Waals surface area contributed by atoms with Crippen LogP contribution in [0, 0.1) is 5.92 Å². The molecule has 2 aliphatic carbocycles. The number of fused-ring (bicyclic) bond motifs is 1. The molecule has 26 heavy (non-hydrogen) atoms. The topological polar surface area (TPSA) is 38.2 Å². The van der Waals surface area contributed by atoms with E-state index in [0.717, 1.165) is 29.8 Å². The third kappa shape index (κ3) is 3.05. The van der Waals surface area contributed by atoms with Crippen LogP contribution >= 0.6 is 11.3 Å². The molecule has 4 nitrogen and oxygen atoms in total. The van der Waals surface area contributed by atoms with E-state index in [9.17, 15) is 0 Å². The lowest BCUT2D eigenvalue weighted by molar-refractivity contribution is 0.0136. The maximum absolute atomic E-state index is 5.87. The second-order valence-electron chi connectivity index (χ2n) is 8.95. The van der Waals surface area contributed by atoms with Crippen molar-refractivity contribution in [2.24, 2.45) is 5.92 Å². The first-order chi connectivity index (χ1) is 12.3. The van der Waals surface area contributed by atoms with Gasteiger partial charge in [-0.2, -0.15) is 0 Å². The number of anilines is 2. The second kappa shape index (κ2) is 6.31. The number of thiazole rings is 1. The van der Waals surface area contributed by atoms with Crippen molar-refractivity contribution in [1.29, 1.82) is 0 Å². The average molecular weight is 372 g/mol. The average Bonchev–Trinajstić information content (AvgIpc) is 3.31. The van der Waals surface area contributed by atoms with Gasteiger partial charge >= 0.3 is 0 Å². The summed E-state index contributed by atoms with van der Waals surface area (Å²) in [5.74, 6) is 1.77. The Labute approximate surface area is 160 Å². The Morgan fingerprint density at radius 3 is 2.62 bits per heavy atom. The van der Waals surface area contributed by atoms with Crippen LogP contribution in [-0.2, 0) is 15.6 Å². The molecule has 1 saturated carbocycles. The van der Waals surface area contributed by atoms with Gasteiger partial charge in [0.1, 0.15) is 5.82 Å². The Hall–Kier alpha value is -1.46. The highest BCUT2D eigenvalue weighted by atomic mass is 32.1. The normalized spacial score (nSPS) is 23.5. The summed E-state index contributed by atoms with van der Waals surface area (Å²) in [4.78, 5) is 13.5. The Morgan fingerprint density at radius 1 is 1.23 bits per heavy atom. The molecule has 2 aliphatic rings. The van der Waals surface area contributed by atoms with E-state index in [1.165, 1.54) is 23.4 Å². The minimum Gasteiger partial charge on any atom is -0.380 e. The van der Waals surface area contributed by atoms with E-state index in [1.54, 1.807) is 0 Å². The molecular formula is C21H29N3OS. The van der Waals surface area contributed by atoms with Crippen LogP contribution in [0.5, 0.6) is 0 Å². The summed E-state index contributed by atoms with van der Waals surface area (Å²) in [6.45, 7) is 10.2. The van der Waals surface area contributed by atoms with Crippen LogP contribution in [0.3, 0.4) is 0 Å². The van der Waals surface area contributed by atoms with Gasteiger partial charge in [-0.05, 0) is 37.3 Å². The Morgan fingerprint density at radius 2 is 2.00 bits per heavy atom. The van der Waals surface area contributed by atoms with Crippen LogP contribution in [0.25, 0.3) is 0 Å². The molecule has 0 spiro atoms. The van der Waals surface area contributed by atoms with Crippen LogP contribution in [-0.4, -0.2) is 29.7 Å². The molecule has 0 N–H and O–H groups in total. The molecule has 2 heterocycles. The third-order valence-corrected chi connectivity index (χ3v) is 7.36. The van der Waals surface area contributed by atoms with E-state index in [4.69, 9.17) is 9.72 Å². The molecule has 1 unspecified atom stereocenters. The van der Waals surface area contributed by atoms with Crippen molar-refractivity contribution in [1.82, 2.24) is 9.97 Å². The van der Waals surface area contributed by atoms with E-state index < -0.39 is 0 Å². The SMILES string of the molecule is COC1CC(C)(C)c2sc(N(CC3CC3)c3ccccn3)nc2C1(C)C. The largest absolute Gasteiger partial charge is 0.380 e. The summed E-state index contributed by atoms with van der Waals surface area (Å²) in [5, 5.41) is 1.08. The molecule has 0 aliphatic heterocycles. The van der Waals surface area contributed by atoms with Crippen LogP contribution < -0.4 is 4.90 Å². The molecule has 1 atom stereocenters. The zero-order valence-corrected chi connectivity index (χ0v) is 17.3. The number of rotatable bonds is 5. The molecule has 1 fully saturated rings. The van der Waals surface area contributed by atoms with Crippen molar-refractivity contribution >= 4 is 22.3 Å². The quantitative estimate of drug-likeness (QED) is 0.736. The van der Waals surface area contributed by atoms with E-state index in [1.807, 2.05) is 30.7 Å². The first kappa shape index (κ1) is 17.9. The zero-order valence-electron chi connectivity index (χ0n) is 16.5. The highest BCUT2D eigenvalue weighted by molar-refractivity contribution is 7.16. The molecule has 2 aromatic rings. The monoisotopic (exact) mass is 371 g/mol. The fraction of sp³-hybridized carbons (Fsp3) is 0.619. The molecule has 0 aromatic carbocycles. The zero-order chi connectivity index (χ0) is 18.5. The van der Waals surface area contributed by atoms with Crippen LogP contribution in [0.4, 0.5) is 10.9 Å². The number of ether oxygens (including phenoxy) is 1. The van der Waals surface area contributed by atoms with Gasteiger partial charge in [-0.15, -0.1) is 11.3 Å². The van der Waals surface area contributed by atoms with Crippen molar-refractivity contribution in [3.05, 3.63) is 35.0 Å². The summed E-state index contributed by atoms with van der Waals surface area (Å²) >= 11 is 1.85. The maximum Gasteiger partial charge on any atom is 0.191 e. The van der Waals surface area contributed by atoms with Crippen LogP contribution in [0.2, 0.25) is 0 Å². The van der Waals surface area contributed by atoms with E-state index in [2.05, 4.69) is 49.7 Å². The molecule has 0 saturated heterocycles. The van der Waals surface area contributed by atoms with Gasteiger partial charge in [-0.25, -0.2) is 9.97 Å². The summed E-state index contributed by atoms with van der Waals surface area (Å²) in [6.07, 6.45) is 5.72. The Bertz CT molecular complexity index is 780. The predicted octanol–water partition coefficient (Wildman–Crippen LogP) is 5.06. The minimum absolute atomic E-state index is 0.0796. The van der Waals surface area contributed by atoms with Gasteiger partial charge in [-0.3, -0.25) is 0 Å². The molecular weight excluding hydrogens is 342 g/mol. The molecule has 4 rings (SSSR count). The van der Waals surface area contributed by atoms with E-state index in [0.29, 0.717) is 0 Å². The smallest absolute Gasteiger partial charge is 0.191 e. The summed E-state index contributed by atoms with van der Waals surface area (Å²) in [5.41, 5.74) is 1.21. The van der Waals surface area contributed by atoms with Crippen LogP contribution in [0.1, 0.15) is 57.5 Å². The lowest BCUT2D eigenvalue weighted by atomic mass is 9.67. The number of nitrogens with zero attached hydrogens (tertiary/aromatic N) is 3. The lowest BCUT2D eigenvalue weighted by Crippen LogP contribution is -2.45. The number of methoxy groups -OCH3 is 1. The lowest BCUT2D eigenvalue weighted by Gasteiger charge is -2.43. The van der Waals surface area contributed by atoms with Crippen molar-refractivity contribution in [3.8, 4) is 0 Å². The van der Waals surface area contributed by atoms with Crippen LogP contribution in [0.15, 0.2) is 24.4 Å². The van der Waals surface area contributed by atoms with Crippen molar-refractivity contribution in [2.45, 2.75) is 63.9 Å². The van der Waals surface area contributed by atoms with Gasteiger partial charge in [0, 0.05) is 35.6 Å². The van der Waals surface area contributed by atoms with Crippen molar-refractivity contribution in [3.63, 3.8) is 0 Å². The Balaban J connectivity index is 1.79. The third-order valence-electron chi connectivity index (χ3n) is 5.92. The first-order valence-corrected chi connectivity index (χ1v) is 10.4. The van der Waals surface area contributed by atoms with Gasteiger partial charge < -0.3 is 9.64 Å². The molecule has 0 radical (unpaired) electrons. The van der Waals surface area contributed by atoms with Crippen molar-refractivity contribution < 1.29 is 4.74 Å². The molecule has 140 valence electrons. The second-order valence-corrected chi connectivity index (χ2v) is 9.93. The minimum atomic E-state index is -0.0796. The summed E-state index contributed by atoms with van der Waals surface area (Å²) in [7, 11) is 1.83.